The first kappa shape index (κ1) is 21.4. The van der Waals surface area contributed by atoms with Gasteiger partial charge in [-0.3, -0.25) is 9.80 Å². The van der Waals surface area contributed by atoms with Gasteiger partial charge in [0.05, 0.1) is 29.7 Å². The number of hydrogen-bond donors (Lipinski definition) is 3. The van der Waals surface area contributed by atoms with Gasteiger partial charge in [0, 0.05) is 28.4 Å². The van der Waals surface area contributed by atoms with Crippen molar-refractivity contribution in [2.24, 2.45) is 0 Å². The molecule has 6 nitrogen and oxygen atoms in total. The topological polar surface area (TPSA) is 59.6 Å². The maximum Gasteiger partial charge on any atom is 0.251 e. The molecule has 1 atom stereocenters. The van der Waals surface area contributed by atoms with Gasteiger partial charge >= 0.3 is 0 Å². The van der Waals surface area contributed by atoms with Crippen molar-refractivity contribution < 1.29 is 4.79 Å². The summed E-state index contributed by atoms with van der Waals surface area (Å²) in [4.78, 5) is 15.4. The lowest BCUT2D eigenvalue weighted by molar-refractivity contribution is 0.0940. The minimum atomic E-state index is -0.0975. The molecule has 0 bridgehead atoms. The Kier molecular flexibility index (Phi) is 5.70. The molecule has 0 radical (unpaired) electrons. The Hall–Kier alpha value is -3.48. The number of benzene rings is 3. The summed E-state index contributed by atoms with van der Waals surface area (Å²) in [5.74, 6) is -0.0975. The van der Waals surface area contributed by atoms with E-state index >= 15 is 0 Å². The van der Waals surface area contributed by atoms with Crippen LogP contribution in [0.3, 0.4) is 0 Å². The molecule has 0 saturated carbocycles. The highest BCUT2D eigenvalue weighted by Gasteiger charge is 2.30. The molecular weight excluding hydrogens is 434 g/mol. The summed E-state index contributed by atoms with van der Waals surface area (Å²) >= 11 is 6.14. The third-order valence-electron chi connectivity index (χ3n) is 6.14. The molecule has 2 aliphatic heterocycles. The van der Waals surface area contributed by atoms with Crippen molar-refractivity contribution in [1.82, 2.24) is 21.3 Å². The van der Waals surface area contributed by atoms with E-state index in [1.54, 1.807) is 0 Å². The van der Waals surface area contributed by atoms with E-state index in [1.165, 1.54) is 0 Å². The molecule has 0 saturated heterocycles. The average molecular weight is 460 g/mol. The Morgan fingerprint density at radius 3 is 2.55 bits per heavy atom. The summed E-state index contributed by atoms with van der Waals surface area (Å²) in [5.41, 5.74) is 13.4. The highest BCUT2D eigenvalue weighted by atomic mass is 35.5. The lowest BCUT2D eigenvalue weighted by Crippen LogP contribution is -2.40. The van der Waals surface area contributed by atoms with Crippen molar-refractivity contribution in [3.8, 4) is 0 Å². The molecule has 3 aromatic carbocycles. The molecule has 168 valence electrons. The fourth-order valence-electron chi connectivity index (χ4n) is 4.40. The average Bonchev–Trinajstić information content (AvgIpc) is 3.11. The number of amides is 1. The molecular formula is C26H26ClN5O. The molecule has 0 aliphatic carbocycles. The highest BCUT2D eigenvalue weighted by molar-refractivity contribution is 6.30. The number of hydrogen-bond acceptors (Lipinski definition) is 5. The smallest absolute Gasteiger partial charge is 0.251 e. The van der Waals surface area contributed by atoms with E-state index in [-0.39, 0.29) is 11.9 Å². The molecule has 2 heterocycles. The van der Waals surface area contributed by atoms with Gasteiger partial charge < -0.3 is 15.6 Å². The van der Waals surface area contributed by atoms with Crippen LogP contribution in [-0.4, -0.2) is 24.0 Å². The molecule has 0 spiro atoms. The lowest BCUT2D eigenvalue weighted by Gasteiger charge is -2.26. The van der Waals surface area contributed by atoms with Gasteiger partial charge in [0.15, 0.2) is 0 Å². The molecule has 0 unspecified atom stereocenters. The number of halogens is 1. The molecule has 3 aromatic rings. The zero-order valence-corrected chi connectivity index (χ0v) is 19.4. The minimum Gasteiger partial charge on any atom is -0.346 e. The van der Waals surface area contributed by atoms with E-state index in [0.717, 1.165) is 47.0 Å². The summed E-state index contributed by atoms with van der Waals surface area (Å²) in [6.07, 6.45) is 0. The van der Waals surface area contributed by atoms with E-state index in [9.17, 15) is 4.79 Å². The molecule has 3 N–H and O–H groups in total. The molecule has 2 aliphatic rings. The standard InChI is InChI=1S/C26H26ClN5O/c1-17(19-6-4-3-5-7-19)28-26(33)20-8-13-23-24(16-20)31(22-11-9-21(27)10-12-22)14-15-32-25(23)18(2)29-30-32/h3-13,16-17,29-30H,14-15H2,1-2H3,(H,28,33)/t17-/m0/s1. The lowest BCUT2D eigenvalue weighted by atomic mass is 10.0. The monoisotopic (exact) mass is 459 g/mol. The summed E-state index contributed by atoms with van der Waals surface area (Å²) in [7, 11) is 0. The Morgan fingerprint density at radius 1 is 1.03 bits per heavy atom. The normalized spacial score (nSPS) is 16.0. The summed E-state index contributed by atoms with van der Waals surface area (Å²) in [6.45, 7) is 5.56. The van der Waals surface area contributed by atoms with E-state index in [1.807, 2.05) is 86.6 Å². The minimum absolute atomic E-state index is 0.0893. The third kappa shape index (κ3) is 4.15. The first-order valence-electron chi connectivity index (χ1n) is 11.0. The van der Waals surface area contributed by atoms with Crippen LogP contribution >= 0.6 is 11.6 Å². The Labute approximate surface area is 198 Å². The van der Waals surface area contributed by atoms with Gasteiger partial charge in [-0.05, 0) is 61.9 Å². The number of carbonyl (C=O) groups is 1. The number of anilines is 2. The molecule has 0 aromatic heterocycles. The first-order valence-corrected chi connectivity index (χ1v) is 11.4. The molecule has 5 rings (SSSR count). The van der Waals surface area contributed by atoms with E-state index in [2.05, 4.69) is 26.2 Å². The predicted molar refractivity (Wildman–Crippen MR) is 133 cm³/mol. The van der Waals surface area contributed by atoms with Gasteiger partial charge in [0.1, 0.15) is 0 Å². The fourth-order valence-corrected chi connectivity index (χ4v) is 4.52. The largest absolute Gasteiger partial charge is 0.346 e. The van der Waals surface area contributed by atoms with Crippen LogP contribution in [0.5, 0.6) is 0 Å². The van der Waals surface area contributed by atoms with Gasteiger partial charge in [-0.25, -0.2) is 0 Å². The number of rotatable bonds is 4. The van der Waals surface area contributed by atoms with Crippen LogP contribution in [0.15, 0.2) is 78.5 Å². The van der Waals surface area contributed by atoms with E-state index in [0.29, 0.717) is 10.6 Å². The van der Waals surface area contributed by atoms with Crippen LogP contribution in [0.1, 0.15) is 41.4 Å². The zero-order valence-electron chi connectivity index (χ0n) is 18.6. The van der Waals surface area contributed by atoms with Crippen LogP contribution in [0.4, 0.5) is 11.4 Å². The van der Waals surface area contributed by atoms with Crippen molar-refractivity contribution >= 4 is 34.6 Å². The van der Waals surface area contributed by atoms with Gasteiger partial charge in [-0.1, -0.05) is 41.9 Å². The second-order valence-corrected chi connectivity index (χ2v) is 8.76. The van der Waals surface area contributed by atoms with Crippen molar-refractivity contribution in [3.05, 3.63) is 100 Å². The second kappa shape index (κ2) is 8.81. The highest BCUT2D eigenvalue weighted by Crippen LogP contribution is 2.39. The Morgan fingerprint density at radius 2 is 1.79 bits per heavy atom. The van der Waals surface area contributed by atoms with Crippen LogP contribution in [0, 0.1) is 0 Å². The molecule has 7 heteroatoms. The first-order chi connectivity index (χ1) is 16.0. The molecule has 1 amide bonds. The maximum atomic E-state index is 13.2. The zero-order chi connectivity index (χ0) is 22.9. The van der Waals surface area contributed by atoms with Gasteiger partial charge in [0.2, 0.25) is 0 Å². The summed E-state index contributed by atoms with van der Waals surface area (Å²) in [5, 5.41) is 5.94. The molecule has 33 heavy (non-hydrogen) atoms. The number of allylic oxidation sites excluding steroid dienone is 1. The van der Waals surface area contributed by atoms with E-state index in [4.69, 9.17) is 11.6 Å². The van der Waals surface area contributed by atoms with Crippen molar-refractivity contribution in [1.29, 1.82) is 0 Å². The van der Waals surface area contributed by atoms with Crippen molar-refractivity contribution in [2.75, 3.05) is 18.0 Å². The number of fused-ring (bicyclic) bond motifs is 3. The van der Waals surface area contributed by atoms with Crippen LogP contribution in [-0.2, 0) is 0 Å². The van der Waals surface area contributed by atoms with Gasteiger partial charge in [0.25, 0.3) is 5.91 Å². The Bertz CT molecular complexity index is 1210. The third-order valence-corrected chi connectivity index (χ3v) is 6.39. The summed E-state index contributed by atoms with van der Waals surface area (Å²) < 4.78 is 0. The van der Waals surface area contributed by atoms with Crippen molar-refractivity contribution in [2.45, 2.75) is 19.9 Å². The number of nitrogens with zero attached hydrogens (tertiary/aromatic N) is 2. The van der Waals surface area contributed by atoms with Crippen LogP contribution < -0.4 is 21.2 Å². The number of carbonyl (C=O) groups excluding carboxylic acids is 1. The van der Waals surface area contributed by atoms with Gasteiger partial charge in [-0.2, -0.15) is 0 Å². The maximum absolute atomic E-state index is 13.2. The SMILES string of the molecule is CC1=C2c3ccc(C(=O)N[C@@H](C)c4ccccc4)cc3N(c3ccc(Cl)cc3)CCN2NN1. The fraction of sp³-hybridized carbons (Fsp3) is 0.192. The predicted octanol–water partition coefficient (Wildman–Crippen LogP) is 5.00. The second-order valence-electron chi connectivity index (χ2n) is 8.33. The van der Waals surface area contributed by atoms with Crippen LogP contribution in [0.25, 0.3) is 5.70 Å². The van der Waals surface area contributed by atoms with Gasteiger partial charge in [-0.15, -0.1) is 5.53 Å². The summed E-state index contributed by atoms with van der Waals surface area (Å²) in [6, 6.07) is 23.6. The Balaban J connectivity index is 1.53. The quantitative estimate of drug-likeness (QED) is 0.512. The van der Waals surface area contributed by atoms with E-state index < -0.39 is 0 Å². The molecule has 0 fully saturated rings. The van der Waals surface area contributed by atoms with Crippen LogP contribution in [0.2, 0.25) is 5.02 Å². The van der Waals surface area contributed by atoms with Crippen molar-refractivity contribution in [3.63, 3.8) is 0 Å². The number of nitrogens with one attached hydrogen (secondary N) is 3. The number of hydrazine groups is 2.